The number of amides is 1. The van der Waals surface area contributed by atoms with E-state index in [-0.39, 0.29) is 16.9 Å². The summed E-state index contributed by atoms with van der Waals surface area (Å²) >= 11 is 5.76. The SMILES string of the molecule is O=C(COC(=O)c1c(F)cccc1Cl)Nc1nnc(-c2ccccc2)o1. The molecule has 1 N–H and O–H groups in total. The summed E-state index contributed by atoms with van der Waals surface area (Å²) in [5, 5.41) is 9.65. The number of rotatable bonds is 5. The van der Waals surface area contributed by atoms with Gasteiger partial charge >= 0.3 is 12.0 Å². The minimum absolute atomic E-state index is 0.111. The zero-order valence-electron chi connectivity index (χ0n) is 13.1. The number of nitrogens with zero attached hydrogens (tertiary/aromatic N) is 2. The van der Waals surface area contributed by atoms with Crippen LogP contribution in [-0.2, 0) is 9.53 Å². The number of nitrogens with one attached hydrogen (secondary N) is 1. The van der Waals surface area contributed by atoms with E-state index < -0.39 is 29.9 Å². The van der Waals surface area contributed by atoms with Crippen LogP contribution in [-0.4, -0.2) is 28.7 Å². The average Bonchev–Trinajstić information content (AvgIpc) is 3.09. The molecule has 0 saturated heterocycles. The van der Waals surface area contributed by atoms with E-state index in [0.717, 1.165) is 6.07 Å². The highest BCUT2D eigenvalue weighted by molar-refractivity contribution is 6.33. The number of esters is 1. The van der Waals surface area contributed by atoms with Crippen molar-refractivity contribution in [3.8, 4) is 11.5 Å². The van der Waals surface area contributed by atoms with Gasteiger partial charge in [-0.2, -0.15) is 0 Å². The predicted molar refractivity (Wildman–Crippen MR) is 90.1 cm³/mol. The van der Waals surface area contributed by atoms with Crippen LogP contribution in [0.1, 0.15) is 10.4 Å². The Labute approximate surface area is 151 Å². The number of hydrogen-bond acceptors (Lipinski definition) is 6. The van der Waals surface area contributed by atoms with Gasteiger partial charge in [0, 0.05) is 5.56 Å². The van der Waals surface area contributed by atoms with Crippen LogP contribution in [0.4, 0.5) is 10.4 Å². The summed E-state index contributed by atoms with van der Waals surface area (Å²) in [6.45, 7) is -0.674. The predicted octanol–water partition coefficient (Wildman–Crippen LogP) is 3.32. The molecule has 3 rings (SSSR count). The van der Waals surface area contributed by atoms with Crippen LogP contribution in [0.2, 0.25) is 5.02 Å². The van der Waals surface area contributed by atoms with E-state index in [2.05, 4.69) is 15.5 Å². The molecule has 26 heavy (non-hydrogen) atoms. The second-order valence-electron chi connectivity index (χ2n) is 5.00. The highest BCUT2D eigenvalue weighted by Gasteiger charge is 2.19. The van der Waals surface area contributed by atoms with E-state index in [1.807, 2.05) is 6.07 Å². The van der Waals surface area contributed by atoms with Gasteiger partial charge in [0.25, 0.3) is 5.91 Å². The van der Waals surface area contributed by atoms with Gasteiger partial charge in [-0.15, -0.1) is 5.10 Å². The van der Waals surface area contributed by atoms with E-state index in [1.54, 1.807) is 24.3 Å². The zero-order chi connectivity index (χ0) is 18.5. The molecule has 0 aliphatic heterocycles. The molecule has 1 amide bonds. The van der Waals surface area contributed by atoms with Gasteiger partial charge in [-0.3, -0.25) is 10.1 Å². The highest BCUT2D eigenvalue weighted by atomic mass is 35.5. The van der Waals surface area contributed by atoms with Crippen molar-refractivity contribution in [3.63, 3.8) is 0 Å². The molecule has 0 radical (unpaired) electrons. The van der Waals surface area contributed by atoms with Crippen molar-refractivity contribution in [2.75, 3.05) is 11.9 Å². The summed E-state index contributed by atoms with van der Waals surface area (Å²) in [5.41, 5.74) is 0.243. The first kappa shape index (κ1) is 17.6. The number of halogens is 2. The van der Waals surface area contributed by atoms with Gasteiger partial charge in [-0.05, 0) is 24.3 Å². The maximum Gasteiger partial charge on any atom is 0.343 e. The van der Waals surface area contributed by atoms with Crippen LogP contribution in [0, 0.1) is 5.82 Å². The minimum Gasteiger partial charge on any atom is -0.452 e. The van der Waals surface area contributed by atoms with Crippen molar-refractivity contribution >= 4 is 29.5 Å². The molecule has 9 heteroatoms. The van der Waals surface area contributed by atoms with Gasteiger partial charge in [0.15, 0.2) is 6.61 Å². The second-order valence-corrected chi connectivity index (χ2v) is 5.41. The molecular formula is C17H11ClFN3O4. The Morgan fingerprint density at radius 3 is 2.62 bits per heavy atom. The number of benzene rings is 2. The first-order valence-corrected chi connectivity index (χ1v) is 7.72. The topological polar surface area (TPSA) is 94.3 Å². The quantitative estimate of drug-likeness (QED) is 0.687. The van der Waals surface area contributed by atoms with Crippen molar-refractivity contribution < 1.29 is 23.1 Å². The molecule has 3 aromatic rings. The maximum atomic E-state index is 13.6. The summed E-state index contributed by atoms with van der Waals surface area (Å²) in [6.07, 6.45) is 0. The molecule has 0 unspecified atom stereocenters. The van der Waals surface area contributed by atoms with Crippen molar-refractivity contribution in [1.29, 1.82) is 0 Å². The van der Waals surface area contributed by atoms with Crippen LogP contribution >= 0.6 is 11.6 Å². The fraction of sp³-hybridized carbons (Fsp3) is 0.0588. The van der Waals surface area contributed by atoms with Crippen LogP contribution in [0.25, 0.3) is 11.5 Å². The summed E-state index contributed by atoms with van der Waals surface area (Å²) in [5.74, 6) is -2.41. The van der Waals surface area contributed by atoms with Crippen LogP contribution < -0.4 is 5.32 Å². The molecule has 0 fully saturated rings. The number of aromatic nitrogens is 2. The summed E-state index contributed by atoms with van der Waals surface area (Å²) < 4.78 is 23.7. The third kappa shape index (κ3) is 4.04. The summed E-state index contributed by atoms with van der Waals surface area (Å²) in [4.78, 5) is 23.7. The number of ether oxygens (including phenoxy) is 1. The molecule has 0 bridgehead atoms. The largest absolute Gasteiger partial charge is 0.452 e. The molecule has 1 heterocycles. The molecule has 0 saturated carbocycles. The lowest BCUT2D eigenvalue weighted by molar-refractivity contribution is -0.119. The molecule has 132 valence electrons. The molecule has 0 atom stereocenters. The number of carbonyl (C=O) groups is 2. The Hall–Kier alpha value is -3.26. The Kier molecular flexibility index (Phi) is 5.23. The first-order chi connectivity index (χ1) is 12.5. The summed E-state index contributed by atoms with van der Waals surface area (Å²) in [7, 11) is 0. The van der Waals surface area contributed by atoms with E-state index in [1.165, 1.54) is 12.1 Å². The van der Waals surface area contributed by atoms with Crippen LogP contribution in [0.15, 0.2) is 52.9 Å². The molecule has 0 aliphatic carbocycles. The summed E-state index contributed by atoms with van der Waals surface area (Å²) in [6, 6.07) is 12.5. The van der Waals surface area contributed by atoms with Crippen molar-refractivity contribution in [1.82, 2.24) is 10.2 Å². The Morgan fingerprint density at radius 2 is 1.88 bits per heavy atom. The fourth-order valence-electron chi connectivity index (χ4n) is 2.02. The van der Waals surface area contributed by atoms with Gasteiger partial charge in [-0.1, -0.05) is 41.0 Å². The van der Waals surface area contributed by atoms with E-state index in [9.17, 15) is 14.0 Å². The minimum atomic E-state index is -1.06. The third-order valence-corrected chi connectivity index (χ3v) is 3.51. The molecule has 1 aromatic heterocycles. The fourth-order valence-corrected chi connectivity index (χ4v) is 2.26. The lowest BCUT2D eigenvalue weighted by Gasteiger charge is -2.06. The second kappa shape index (κ2) is 7.75. The smallest absolute Gasteiger partial charge is 0.343 e. The van der Waals surface area contributed by atoms with E-state index in [4.69, 9.17) is 20.8 Å². The Bertz CT molecular complexity index is 926. The van der Waals surface area contributed by atoms with Crippen molar-refractivity contribution in [2.24, 2.45) is 0 Å². The lowest BCUT2D eigenvalue weighted by atomic mass is 10.2. The Morgan fingerprint density at radius 1 is 1.12 bits per heavy atom. The normalized spacial score (nSPS) is 10.4. The van der Waals surface area contributed by atoms with Gasteiger partial charge in [0.2, 0.25) is 5.89 Å². The number of anilines is 1. The molecule has 0 spiro atoms. The number of hydrogen-bond donors (Lipinski definition) is 1. The van der Waals surface area contributed by atoms with Crippen molar-refractivity contribution in [3.05, 3.63) is 64.9 Å². The molecule has 7 nitrogen and oxygen atoms in total. The van der Waals surface area contributed by atoms with Gasteiger partial charge in [0.05, 0.1) is 5.02 Å². The third-order valence-electron chi connectivity index (χ3n) is 3.19. The highest BCUT2D eigenvalue weighted by Crippen LogP contribution is 2.20. The van der Waals surface area contributed by atoms with Gasteiger partial charge in [-0.25, -0.2) is 9.18 Å². The number of carbonyl (C=O) groups excluding carboxylic acids is 2. The van der Waals surface area contributed by atoms with E-state index >= 15 is 0 Å². The van der Waals surface area contributed by atoms with E-state index in [0.29, 0.717) is 5.56 Å². The lowest BCUT2D eigenvalue weighted by Crippen LogP contribution is -2.21. The standard InChI is InChI=1S/C17H11ClFN3O4/c18-11-7-4-8-12(19)14(11)16(24)25-9-13(23)20-17-22-21-15(26-17)10-5-2-1-3-6-10/h1-8H,9H2,(H,20,22,23). The van der Waals surface area contributed by atoms with Crippen LogP contribution in [0.5, 0.6) is 0 Å². The monoisotopic (exact) mass is 375 g/mol. The van der Waals surface area contributed by atoms with Gasteiger partial charge < -0.3 is 9.15 Å². The van der Waals surface area contributed by atoms with Crippen molar-refractivity contribution in [2.45, 2.75) is 0 Å². The first-order valence-electron chi connectivity index (χ1n) is 7.34. The van der Waals surface area contributed by atoms with Gasteiger partial charge in [0.1, 0.15) is 11.4 Å². The average molecular weight is 376 g/mol. The molecule has 2 aromatic carbocycles. The Balaban J connectivity index is 1.58. The van der Waals surface area contributed by atoms with Crippen LogP contribution in [0.3, 0.4) is 0 Å². The molecular weight excluding hydrogens is 365 g/mol. The maximum absolute atomic E-state index is 13.6. The zero-order valence-corrected chi connectivity index (χ0v) is 13.9. The molecule has 0 aliphatic rings.